The Morgan fingerprint density at radius 2 is 2.14 bits per heavy atom. The fourth-order valence-corrected chi connectivity index (χ4v) is 2.97. The van der Waals surface area contributed by atoms with Crippen molar-refractivity contribution in [1.29, 1.82) is 0 Å². The number of hydrogen-bond acceptors (Lipinski definition) is 4. The molecule has 0 radical (unpaired) electrons. The van der Waals surface area contributed by atoms with Gasteiger partial charge < -0.3 is 5.32 Å². The number of nitro groups is 1. The Balaban J connectivity index is 1.94. The summed E-state index contributed by atoms with van der Waals surface area (Å²) in [7, 11) is 0. The molecule has 1 saturated carbocycles. The largest absolute Gasteiger partial charge is 0.352 e. The zero-order chi connectivity index (χ0) is 15.2. The molecule has 1 fully saturated rings. The van der Waals surface area contributed by atoms with Crippen LogP contribution in [0.5, 0.6) is 0 Å². The van der Waals surface area contributed by atoms with Crippen molar-refractivity contribution in [2.45, 2.75) is 38.5 Å². The summed E-state index contributed by atoms with van der Waals surface area (Å²) in [6, 6.07) is 1.32. The quantitative estimate of drug-likeness (QED) is 0.513. The minimum Gasteiger partial charge on any atom is -0.352 e. The number of aromatic nitrogens is 1. The lowest BCUT2D eigenvalue weighted by Crippen LogP contribution is -2.27. The van der Waals surface area contributed by atoms with E-state index in [-0.39, 0.29) is 10.7 Å². The van der Waals surface area contributed by atoms with Gasteiger partial charge in [-0.3, -0.25) is 14.9 Å². The van der Waals surface area contributed by atoms with E-state index < -0.39 is 16.5 Å². The number of pyridine rings is 1. The third-order valence-electron chi connectivity index (χ3n) is 3.87. The standard InChI is InChI=1S/C14H18ClN3O3/c15-13-12(18(20)21)11(7-9-16-13)14(19)17-8-6-10-4-2-1-3-5-10/h7,9-10H,1-6,8H2,(H,17,19). The molecular formula is C14H18ClN3O3. The number of carbonyl (C=O) groups excluding carboxylic acids is 1. The predicted octanol–water partition coefficient (Wildman–Crippen LogP) is 3.34. The molecule has 0 bridgehead atoms. The number of halogens is 1. The van der Waals surface area contributed by atoms with Gasteiger partial charge in [0.15, 0.2) is 0 Å². The third kappa shape index (κ3) is 4.14. The molecule has 0 unspecified atom stereocenters. The van der Waals surface area contributed by atoms with Crippen molar-refractivity contribution in [3.8, 4) is 0 Å². The van der Waals surface area contributed by atoms with Crippen molar-refractivity contribution in [2.24, 2.45) is 5.92 Å². The molecule has 0 aromatic carbocycles. The maximum Gasteiger partial charge on any atom is 0.319 e. The van der Waals surface area contributed by atoms with Crippen LogP contribution < -0.4 is 5.32 Å². The van der Waals surface area contributed by atoms with Crippen molar-refractivity contribution >= 4 is 23.2 Å². The Hall–Kier alpha value is -1.69. The van der Waals surface area contributed by atoms with Crippen LogP contribution in [0.25, 0.3) is 0 Å². The molecule has 2 rings (SSSR count). The lowest BCUT2D eigenvalue weighted by Gasteiger charge is -2.21. The fourth-order valence-electron chi connectivity index (χ4n) is 2.75. The molecule has 1 aliphatic carbocycles. The lowest BCUT2D eigenvalue weighted by molar-refractivity contribution is -0.385. The van der Waals surface area contributed by atoms with E-state index in [1.165, 1.54) is 44.4 Å². The van der Waals surface area contributed by atoms with Gasteiger partial charge in [-0.25, -0.2) is 4.98 Å². The zero-order valence-electron chi connectivity index (χ0n) is 11.7. The summed E-state index contributed by atoms with van der Waals surface area (Å²) in [6.45, 7) is 0.528. The van der Waals surface area contributed by atoms with Crippen LogP contribution in [0.4, 0.5) is 5.69 Å². The molecule has 1 aromatic heterocycles. The van der Waals surface area contributed by atoms with E-state index in [2.05, 4.69) is 10.3 Å². The van der Waals surface area contributed by atoms with Gasteiger partial charge in [-0.2, -0.15) is 0 Å². The van der Waals surface area contributed by atoms with Crippen LogP contribution in [0.15, 0.2) is 12.3 Å². The second-order valence-corrected chi connectivity index (χ2v) is 5.66. The molecule has 0 aliphatic heterocycles. The normalized spacial score (nSPS) is 15.7. The average molecular weight is 312 g/mol. The van der Waals surface area contributed by atoms with Gasteiger partial charge in [0.2, 0.25) is 5.15 Å². The van der Waals surface area contributed by atoms with Crippen LogP contribution in [0, 0.1) is 16.0 Å². The van der Waals surface area contributed by atoms with E-state index in [0.717, 1.165) is 6.42 Å². The smallest absolute Gasteiger partial charge is 0.319 e. The van der Waals surface area contributed by atoms with Crippen molar-refractivity contribution in [3.63, 3.8) is 0 Å². The Kier molecular flexibility index (Phi) is 5.50. The first-order valence-electron chi connectivity index (χ1n) is 7.16. The van der Waals surface area contributed by atoms with E-state index in [1.807, 2.05) is 0 Å². The number of nitrogens with one attached hydrogen (secondary N) is 1. The van der Waals surface area contributed by atoms with Crippen molar-refractivity contribution in [3.05, 3.63) is 33.1 Å². The van der Waals surface area contributed by atoms with Gasteiger partial charge >= 0.3 is 5.69 Å². The second-order valence-electron chi connectivity index (χ2n) is 5.30. The first-order chi connectivity index (χ1) is 10.1. The molecule has 21 heavy (non-hydrogen) atoms. The van der Waals surface area contributed by atoms with E-state index in [1.54, 1.807) is 0 Å². The van der Waals surface area contributed by atoms with Crippen LogP contribution >= 0.6 is 11.6 Å². The number of carbonyl (C=O) groups is 1. The summed E-state index contributed by atoms with van der Waals surface area (Å²) in [4.78, 5) is 26.0. The topological polar surface area (TPSA) is 85.1 Å². The Morgan fingerprint density at radius 3 is 2.81 bits per heavy atom. The van der Waals surface area contributed by atoms with Gasteiger partial charge in [0.05, 0.1) is 4.92 Å². The van der Waals surface area contributed by atoms with Gasteiger partial charge in [0.25, 0.3) is 5.91 Å². The Labute approximate surface area is 128 Å². The van der Waals surface area contributed by atoms with Crippen LogP contribution in [-0.2, 0) is 0 Å². The Morgan fingerprint density at radius 1 is 1.43 bits per heavy atom. The number of hydrogen-bond donors (Lipinski definition) is 1. The molecule has 1 aliphatic rings. The van der Waals surface area contributed by atoms with E-state index in [0.29, 0.717) is 12.5 Å². The minimum atomic E-state index is -0.675. The van der Waals surface area contributed by atoms with Gasteiger partial charge in [-0.05, 0) is 18.4 Å². The summed E-state index contributed by atoms with van der Waals surface area (Å²) in [5.41, 5.74) is -0.474. The van der Waals surface area contributed by atoms with Crippen molar-refractivity contribution in [2.75, 3.05) is 6.54 Å². The van der Waals surface area contributed by atoms with Crippen LogP contribution in [0.1, 0.15) is 48.9 Å². The van der Waals surface area contributed by atoms with E-state index in [4.69, 9.17) is 11.6 Å². The number of rotatable bonds is 5. The SMILES string of the molecule is O=C(NCCC1CCCCC1)c1ccnc(Cl)c1[N+](=O)[O-]. The molecule has 0 spiro atoms. The molecule has 1 heterocycles. The summed E-state index contributed by atoms with van der Waals surface area (Å²) in [5.74, 6) is 0.178. The molecule has 114 valence electrons. The summed E-state index contributed by atoms with van der Waals surface area (Å²) < 4.78 is 0. The number of amides is 1. The van der Waals surface area contributed by atoms with Crippen LogP contribution in [0.3, 0.4) is 0 Å². The van der Waals surface area contributed by atoms with E-state index in [9.17, 15) is 14.9 Å². The van der Waals surface area contributed by atoms with Gasteiger partial charge in [-0.1, -0.05) is 43.7 Å². The molecule has 1 aromatic rings. The summed E-state index contributed by atoms with van der Waals surface area (Å²) in [5, 5.41) is 13.4. The van der Waals surface area contributed by atoms with Crippen molar-refractivity contribution < 1.29 is 9.72 Å². The highest BCUT2D eigenvalue weighted by atomic mass is 35.5. The first kappa shape index (κ1) is 15.7. The lowest BCUT2D eigenvalue weighted by atomic mass is 9.87. The summed E-state index contributed by atoms with van der Waals surface area (Å²) >= 11 is 5.69. The fraction of sp³-hybridized carbons (Fsp3) is 0.571. The maximum absolute atomic E-state index is 12.1. The molecule has 0 atom stereocenters. The molecule has 6 nitrogen and oxygen atoms in total. The monoisotopic (exact) mass is 311 g/mol. The molecule has 7 heteroatoms. The highest BCUT2D eigenvalue weighted by Gasteiger charge is 2.24. The van der Waals surface area contributed by atoms with Gasteiger partial charge in [0.1, 0.15) is 5.56 Å². The van der Waals surface area contributed by atoms with Crippen molar-refractivity contribution in [1.82, 2.24) is 10.3 Å². The molecule has 0 saturated heterocycles. The second kappa shape index (κ2) is 7.36. The molecule has 1 N–H and O–H groups in total. The molecular weight excluding hydrogens is 294 g/mol. The Bertz CT molecular complexity index is 530. The van der Waals surface area contributed by atoms with Crippen LogP contribution in [0.2, 0.25) is 5.15 Å². The van der Waals surface area contributed by atoms with Gasteiger partial charge in [0, 0.05) is 12.7 Å². The van der Waals surface area contributed by atoms with Crippen LogP contribution in [-0.4, -0.2) is 22.4 Å². The molecule has 1 amide bonds. The third-order valence-corrected chi connectivity index (χ3v) is 4.15. The highest BCUT2D eigenvalue weighted by Crippen LogP contribution is 2.27. The van der Waals surface area contributed by atoms with Gasteiger partial charge in [-0.15, -0.1) is 0 Å². The maximum atomic E-state index is 12.1. The predicted molar refractivity (Wildman–Crippen MR) is 79.4 cm³/mol. The average Bonchev–Trinajstić information content (AvgIpc) is 2.47. The minimum absolute atomic E-state index is 0.0383. The first-order valence-corrected chi connectivity index (χ1v) is 7.54. The van der Waals surface area contributed by atoms with E-state index >= 15 is 0 Å². The highest BCUT2D eigenvalue weighted by molar-refractivity contribution is 6.32. The zero-order valence-corrected chi connectivity index (χ0v) is 12.4. The number of nitrogens with zero attached hydrogens (tertiary/aromatic N) is 2. The summed E-state index contributed by atoms with van der Waals surface area (Å²) in [6.07, 6.45) is 8.43.